The molecule has 0 radical (unpaired) electrons. The summed E-state index contributed by atoms with van der Waals surface area (Å²) in [6.07, 6.45) is 0. The zero-order chi connectivity index (χ0) is 11.9. The van der Waals surface area contributed by atoms with E-state index in [9.17, 15) is 0 Å². The van der Waals surface area contributed by atoms with Crippen molar-refractivity contribution in [3.63, 3.8) is 0 Å². The van der Waals surface area contributed by atoms with Gasteiger partial charge < -0.3 is 4.74 Å². The first-order valence-corrected chi connectivity index (χ1v) is 5.46. The molecule has 0 bridgehead atoms. The molecule has 2 aromatic rings. The highest BCUT2D eigenvalue weighted by atomic mass is 35.5. The van der Waals surface area contributed by atoms with Crippen molar-refractivity contribution >= 4 is 12.4 Å². The molecule has 0 fully saturated rings. The van der Waals surface area contributed by atoms with Crippen LogP contribution in [-0.2, 0) is 18.1 Å². The van der Waals surface area contributed by atoms with Crippen molar-refractivity contribution < 1.29 is 9.57 Å². The molecule has 0 aliphatic carbocycles. The lowest BCUT2D eigenvalue weighted by atomic mass is 10.2. The van der Waals surface area contributed by atoms with Crippen LogP contribution in [0.15, 0.2) is 54.6 Å². The topological polar surface area (TPSA) is 44.5 Å². The van der Waals surface area contributed by atoms with Crippen LogP contribution in [0.4, 0.5) is 0 Å². The summed E-state index contributed by atoms with van der Waals surface area (Å²) in [4.78, 5) is 4.56. The van der Waals surface area contributed by atoms with Gasteiger partial charge in [-0.2, -0.15) is 0 Å². The number of hydrogen-bond acceptors (Lipinski definition) is 3. The van der Waals surface area contributed by atoms with Gasteiger partial charge in [0.2, 0.25) is 0 Å². The van der Waals surface area contributed by atoms with Crippen molar-refractivity contribution in [2.75, 3.05) is 0 Å². The van der Waals surface area contributed by atoms with E-state index in [0.717, 1.165) is 16.9 Å². The number of ether oxygens (including phenoxy) is 1. The van der Waals surface area contributed by atoms with Crippen molar-refractivity contribution in [3.05, 3.63) is 65.7 Å². The largest absolute Gasteiger partial charge is 0.489 e. The van der Waals surface area contributed by atoms with Crippen LogP contribution in [0.5, 0.6) is 5.75 Å². The van der Waals surface area contributed by atoms with Gasteiger partial charge in [-0.3, -0.25) is 4.84 Å². The Morgan fingerprint density at radius 2 is 1.39 bits per heavy atom. The Kier molecular flexibility index (Phi) is 6.22. The molecule has 0 aliphatic heterocycles. The maximum atomic E-state index is 5.65. The molecule has 2 rings (SSSR count). The normalized spacial score (nSPS) is 9.61. The highest BCUT2D eigenvalue weighted by Crippen LogP contribution is 2.14. The third-order valence-electron chi connectivity index (χ3n) is 2.42. The molecule has 0 aliphatic rings. The van der Waals surface area contributed by atoms with E-state index in [0.29, 0.717) is 13.2 Å². The number of benzene rings is 2. The Balaban J connectivity index is 0.00000162. The minimum absolute atomic E-state index is 0. The number of hydrogen-bond donors (Lipinski definition) is 1. The quantitative estimate of drug-likeness (QED) is 0.845. The van der Waals surface area contributed by atoms with Crippen molar-refractivity contribution in [2.24, 2.45) is 5.90 Å². The molecule has 0 amide bonds. The Hall–Kier alpha value is -1.55. The van der Waals surface area contributed by atoms with E-state index >= 15 is 0 Å². The zero-order valence-electron chi connectivity index (χ0n) is 9.91. The minimum Gasteiger partial charge on any atom is -0.489 e. The van der Waals surface area contributed by atoms with Crippen LogP contribution >= 0.6 is 12.4 Å². The summed E-state index contributed by atoms with van der Waals surface area (Å²) in [5.74, 6) is 5.84. The smallest absolute Gasteiger partial charge is 0.119 e. The SMILES string of the molecule is Cl.NOCc1ccc(OCc2ccccc2)cc1. The van der Waals surface area contributed by atoms with Crippen LogP contribution in [0.2, 0.25) is 0 Å². The van der Waals surface area contributed by atoms with Crippen LogP contribution < -0.4 is 10.6 Å². The fourth-order valence-corrected chi connectivity index (χ4v) is 1.52. The molecule has 3 nitrogen and oxygen atoms in total. The number of rotatable bonds is 5. The van der Waals surface area contributed by atoms with Gasteiger partial charge in [-0.05, 0) is 23.3 Å². The lowest BCUT2D eigenvalue weighted by Crippen LogP contribution is -1.99. The number of halogens is 1. The Morgan fingerprint density at radius 3 is 2.00 bits per heavy atom. The van der Waals surface area contributed by atoms with Gasteiger partial charge in [0.1, 0.15) is 12.4 Å². The Morgan fingerprint density at radius 1 is 0.778 bits per heavy atom. The summed E-state index contributed by atoms with van der Waals surface area (Å²) in [5.41, 5.74) is 2.18. The summed E-state index contributed by atoms with van der Waals surface area (Å²) < 4.78 is 5.65. The molecular formula is C14H16ClNO2. The predicted octanol–water partition coefficient (Wildman–Crippen LogP) is 3.08. The fraction of sp³-hybridized carbons (Fsp3) is 0.143. The summed E-state index contributed by atoms with van der Waals surface area (Å²) in [6, 6.07) is 17.8. The summed E-state index contributed by atoms with van der Waals surface area (Å²) in [7, 11) is 0. The van der Waals surface area contributed by atoms with E-state index < -0.39 is 0 Å². The summed E-state index contributed by atoms with van der Waals surface area (Å²) >= 11 is 0. The van der Waals surface area contributed by atoms with Crippen molar-refractivity contribution in [1.82, 2.24) is 0 Å². The van der Waals surface area contributed by atoms with Crippen LogP contribution in [0.3, 0.4) is 0 Å². The van der Waals surface area contributed by atoms with E-state index in [2.05, 4.69) is 4.84 Å². The Labute approximate surface area is 113 Å². The van der Waals surface area contributed by atoms with Gasteiger partial charge >= 0.3 is 0 Å². The summed E-state index contributed by atoms with van der Waals surface area (Å²) in [6.45, 7) is 0.993. The van der Waals surface area contributed by atoms with Crippen LogP contribution in [0, 0.1) is 0 Å². The molecule has 0 aromatic heterocycles. The van der Waals surface area contributed by atoms with E-state index in [4.69, 9.17) is 10.6 Å². The second-order valence-corrected chi connectivity index (χ2v) is 3.73. The third-order valence-corrected chi connectivity index (χ3v) is 2.42. The highest BCUT2D eigenvalue weighted by molar-refractivity contribution is 5.85. The van der Waals surface area contributed by atoms with E-state index in [1.54, 1.807) is 0 Å². The van der Waals surface area contributed by atoms with Gasteiger partial charge in [-0.1, -0.05) is 42.5 Å². The van der Waals surface area contributed by atoms with Gasteiger partial charge in [-0.15, -0.1) is 12.4 Å². The molecule has 0 heterocycles. The molecule has 18 heavy (non-hydrogen) atoms. The second kappa shape index (κ2) is 7.71. The molecule has 0 atom stereocenters. The van der Waals surface area contributed by atoms with Crippen molar-refractivity contribution in [3.8, 4) is 5.75 Å². The average Bonchev–Trinajstić information content (AvgIpc) is 2.40. The van der Waals surface area contributed by atoms with Crippen LogP contribution in [-0.4, -0.2) is 0 Å². The van der Waals surface area contributed by atoms with Gasteiger partial charge in [0, 0.05) is 0 Å². The molecule has 2 aromatic carbocycles. The van der Waals surface area contributed by atoms with E-state index in [1.807, 2.05) is 54.6 Å². The van der Waals surface area contributed by atoms with Crippen molar-refractivity contribution in [1.29, 1.82) is 0 Å². The van der Waals surface area contributed by atoms with Crippen molar-refractivity contribution in [2.45, 2.75) is 13.2 Å². The molecule has 0 unspecified atom stereocenters. The highest BCUT2D eigenvalue weighted by Gasteiger charge is 1.96. The lowest BCUT2D eigenvalue weighted by Gasteiger charge is -2.06. The van der Waals surface area contributed by atoms with E-state index in [-0.39, 0.29) is 12.4 Å². The molecule has 0 spiro atoms. The first-order chi connectivity index (χ1) is 8.38. The maximum absolute atomic E-state index is 5.65. The maximum Gasteiger partial charge on any atom is 0.119 e. The molecule has 2 N–H and O–H groups in total. The monoisotopic (exact) mass is 265 g/mol. The first-order valence-electron chi connectivity index (χ1n) is 5.46. The average molecular weight is 266 g/mol. The van der Waals surface area contributed by atoms with Gasteiger partial charge in [0.25, 0.3) is 0 Å². The molecule has 96 valence electrons. The minimum atomic E-state index is 0. The Bertz CT molecular complexity index is 445. The zero-order valence-corrected chi connectivity index (χ0v) is 10.7. The second-order valence-electron chi connectivity index (χ2n) is 3.73. The summed E-state index contributed by atoms with van der Waals surface area (Å²) in [5, 5.41) is 0. The van der Waals surface area contributed by atoms with Gasteiger partial charge in [-0.25, -0.2) is 5.90 Å². The molecular weight excluding hydrogens is 250 g/mol. The fourth-order valence-electron chi connectivity index (χ4n) is 1.52. The van der Waals surface area contributed by atoms with Crippen LogP contribution in [0.25, 0.3) is 0 Å². The van der Waals surface area contributed by atoms with E-state index in [1.165, 1.54) is 0 Å². The first kappa shape index (κ1) is 14.5. The lowest BCUT2D eigenvalue weighted by molar-refractivity contribution is 0.124. The van der Waals surface area contributed by atoms with Gasteiger partial charge in [0.05, 0.1) is 6.61 Å². The predicted molar refractivity (Wildman–Crippen MR) is 73.4 cm³/mol. The van der Waals surface area contributed by atoms with Crippen LogP contribution in [0.1, 0.15) is 11.1 Å². The molecule has 4 heteroatoms. The standard InChI is InChI=1S/C14H15NO2.ClH/c15-17-11-13-6-8-14(9-7-13)16-10-12-4-2-1-3-5-12;/h1-9H,10-11,15H2;1H. The molecule has 0 saturated heterocycles. The molecule has 0 saturated carbocycles. The number of nitrogens with two attached hydrogens (primary N) is 1. The van der Waals surface area contributed by atoms with Gasteiger partial charge in [0.15, 0.2) is 0 Å². The third kappa shape index (κ3) is 4.37.